The fourth-order valence-corrected chi connectivity index (χ4v) is 3.06. The molecule has 1 fully saturated rings. The van der Waals surface area contributed by atoms with Crippen molar-refractivity contribution in [3.8, 4) is 5.75 Å². The molecule has 1 N–H and O–H groups in total. The van der Waals surface area contributed by atoms with Crippen molar-refractivity contribution < 1.29 is 14.3 Å². The number of para-hydroxylation sites is 1. The number of nitrogens with zero attached hydrogens (tertiary/aromatic N) is 1. The van der Waals surface area contributed by atoms with Crippen LogP contribution in [0.25, 0.3) is 0 Å². The molecule has 25 heavy (non-hydrogen) atoms. The Hall–Kier alpha value is -2.53. The second kappa shape index (κ2) is 7.15. The van der Waals surface area contributed by atoms with E-state index in [4.69, 9.17) is 16.3 Å². The summed E-state index contributed by atoms with van der Waals surface area (Å²) in [4.78, 5) is 26.5. The molecule has 3 rings (SSSR count). The average Bonchev–Trinajstić information content (AvgIpc) is 2.99. The first-order valence-electron chi connectivity index (χ1n) is 8.00. The highest BCUT2D eigenvalue weighted by atomic mass is 35.5. The maximum absolute atomic E-state index is 12.5. The highest BCUT2D eigenvalue weighted by Crippen LogP contribution is 2.37. The molecule has 5 nitrogen and oxygen atoms in total. The number of nitrogens with one attached hydrogen (secondary N) is 1. The van der Waals surface area contributed by atoms with Gasteiger partial charge in [-0.05, 0) is 30.7 Å². The van der Waals surface area contributed by atoms with Crippen molar-refractivity contribution in [3.63, 3.8) is 0 Å². The van der Waals surface area contributed by atoms with E-state index in [1.807, 2.05) is 43.3 Å². The van der Waals surface area contributed by atoms with E-state index in [0.29, 0.717) is 23.0 Å². The van der Waals surface area contributed by atoms with Crippen LogP contribution in [0.15, 0.2) is 42.5 Å². The van der Waals surface area contributed by atoms with Gasteiger partial charge in [-0.25, -0.2) is 0 Å². The molecule has 1 atom stereocenters. The number of anilines is 2. The molecule has 1 heterocycles. The zero-order valence-electron chi connectivity index (χ0n) is 14.1. The summed E-state index contributed by atoms with van der Waals surface area (Å²) in [6.07, 6.45) is 0.170. The highest BCUT2D eigenvalue weighted by molar-refractivity contribution is 6.31. The Labute approximate surface area is 151 Å². The zero-order valence-corrected chi connectivity index (χ0v) is 14.8. The van der Waals surface area contributed by atoms with Crippen LogP contribution >= 0.6 is 11.6 Å². The van der Waals surface area contributed by atoms with Crippen LogP contribution in [0, 0.1) is 12.8 Å². The van der Waals surface area contributed by atoms with Gasteiger partial charge in [-0.1, -0.05) is 29.8 Å². The third-order valence-electron chi connectivity index (χ3n) is 4.29. The molecule has 0 aromatic heterocycles. The lowest BCUT2D eigenvalue weighted by atomic mass is 10.1. The minimum atomic E-state index is -0.409. The molecule has 0 saturated carbocycles. The molecule has 2 amide bonds. The van der Waals surface area contributed by atoms with Gasteiger partial charge < -0.3 is 15.0 Å². The third-order valence-corrected chi connectivity index (χ3v) is 4.70. The molecular weight excluding hydrogens is 340 g/mol. The van der Waals surface area contributed by atoms with E-state index in [1.54, 1.807) is 11.0 Å². The van der Waals surface area contributed by atoms with Crippen LogP contribution in [0.2, 0.25) is 5.02 Å². The number of hydrogen-bond donors (Lipinski definition) is 1. The first-order chi connectivity index (χ1) is 12.0. The molecule has 0 radical (unpaired) electrons. The number of hydrogen-bond acceptors (Lipinski definition) is 3. The summed E-state index contributed by atoms with van der Waals surface area (Å²) in [7, 11) is 1.53. The van der Waals surface area contributed by atoms with Crippen molar-refractivity contribution in [3.05, 3.63) is 53.1 Å². The van der Waals surface area contributed by atoms with Crippen molar-refractivity contribution >= 4 is 34.8 Å². The quantitative estimate of drug-likeness (QED) is 0.907. The van der Waals surface area contributed by atoms with Crippen molar-refractivity contribution in [1.29, 1.82) is 0 Å². The Bertz CT molecular complexity index is 808. The minimum Gasteiger partial charge on any atom is -0.495 e. The number of benzene rings is 2. The average molecular weight is 359 g/mol. The lowest BCUT2D eigenvalue weighted by Crippen LogP contribution is -2.28. The number of methoxy groups -OCH3 is 1. The van der Waals surface area contributed by atoms with E-state index in [-0.39, 0.29) is 18.2 Å². The molecule has 6 heteroatoms. The van der Waals surface area contributed by atoms with Crippen molar-refractivity contribution in [2.45, 2.75) is 13.3 Å². The number of amides is 2. The van der Waals surface area contributed by atoms with Gasteiger partial charge in [-0.15, -0.1) is 0 Å². The summed E-state index contributed by atoms with van der Waals surface area (Å²) in [5.74, 6) is -0.151. The van der Waals surface area contributed by atoms with Gasteiger partial charge in [0.2, 0.25) is 11.8 Å². The summed E-state index contributed by atoms with van der Waals surface area (Å²) in [5.41, 5.74) is 2.21. The molecule has 130 valence electrons. The molecule has 1 saturated heterocycles. The van der Waals surface area contributed by atoms with Crippen molar-refractivity contribution in [2.24, 2.45) is 5.92 Å². The van der Waals surface area contributed by atoms with E-state index in [9.17, 15) is 9.59 Å². The van der Waals surface area contributed by atoms with Gasteiger partial charge in [-0.2, -0.15) is 0 Å². The predicted molar refractivity (Wildman–Crippen MR) is 98.3 cm³/mol. The molecule has 2 aromatic rings. The van der Waals surface area contributed by atoms with E-state index in [0.717, 1.165) is 11.3 Å². The number of ether oxygens (including phenoxy) is 1. The molecular formula is C19H19ClN2O3. The van der Waals surface area contributed by atoms with Crippen LogP contribution in [-0.2, 0) is 9.59 Å². The Kier molecular flexibility index (Phi) is 4.95. The van der Waals surface area contributed by atoms with Crippen LogP contribution in [0.3, 0.4) is 0 Å². The summed E-state index contributed by atoms with van der Waals surface area (Å²) < 4.78 is 5.35. The SMILES string of the molecule is COc1cc(Cl)c(C)cc1N1CC(C(=O)Nc2ccccc2)CC1=O. The molecule has 1 unspecified atom stereocenters. The highest BCUT2D eigenvalue weighted by Gasteiger charge is 2.36. The lowest BCUT2D eigenvalue weighted by Gasteiger charge is -2.20. The van der Waals surface area contributed by atoms with E-state index < -0.39 is 5.92 Å². The van der Waals surface area contributed by atoms with Gasteiger partial charge >= 0.3 is 0 Å². The van der Waals surface area contributed by atoms with Gasteiger partial charge in [0.15, 0.2) is 0 Å². The molecule has 0 bridgehead atoms. The van der Waals surface area contributed by atoms with Gasteiger partial charge in [0.25, 0.3) is 0 Å². The first-order valence-corrected chi connectivity index (χ1v) is 8.38. The van der Waals surface area contributed by atoms with Crippen molar-refractivity contribution in [2.75, 3.05) is 23.9 Å². The maximum Gasteiger partial charge on any atom is 0.229 e. The van der Waals surface area contributed by atoms with Crippen LogP contribution in [0.4, 0.5) is 11.4 Å². The van der Waals surface area contributed by atoms with Gasteiger partial charge in [0.05, 0.1) is 18.7 Å². The molecule has 1 aliphatic rings. The summed E-state index contributed by atoms with van der Waals surface area (Å²) in [6, 6.07) is 12.7. The van der Waals surface area contributed by atoms with Crippen LogP contribution in [-0.4, -0.2) is 25.5 Å². The summed E-state index contributed by atoms with van der Waals surface area (Å²) in [6.45, 7) is 2.18. The molecule has 1 aliphatic heterocycles. The largest absolute Gasteiger partial charge is 0.495 e. The normalized spacial score (nSPS) is 16.8. The predicted octanol–water partition coefficient (Wildman–Crippen LogP) is 3.65. The third kappa shape index (κ3) is 3.61. The lowest BCUT2D eigenvalue weighted by molar-refractivity contribution is -0.122. The topological polar surface area (TPSA) is 58.6 Å². The summed E-state index contributed by atoms with van der Waals surface area (Å²) >= 11 is 6.13. The Morgan fingerprint density at radius 2 is 2.00 bits per heavy atom. The van der Waals surface area contributed by atoms with Crippen LogP contribution in [0.1, 0.15) is 12.0 Å². The fraction of sp³-hybridized carbons (Fsp3) is 0.263. The Balaban J connectivity index is 1.79. The standard InChI is InChI=1S/C19H19ClN2O3/c1-12-8-16(17(25-2)10-15(12)20)22-11-13(9-18(22)23)19(24)21-14-6-4-3-5-7-14/h3-8,10,13H,9,11H2,1-2H3,(H,21,24). The summed E-state index contributed by atoms with van der Waals surface area (Å²) in [5, 5.41) is 3.43. The minimum absolute atomic E-state index is 0.103. The van der Waals surface area contributed by atoms with E-state index in [1.165, 1.54) is 7.11 Å². The van der Waals surface area contributed by atoms with Gasteiger partial charge in [-0.3, -0.25) is 9.59 Å². The zero-order chi connectivity index (χ0) is 18.0. The van der Waals surface area contributed by atoms with Gasteiger partial charge in [0.1, 0.15) is 5.75 Å². The maximum atomic E-state index is 12.5. The molecule has 2 aromatic carbocycles. The monoisotopic (exact) mass is 358 g/mol. The number of rotatable bonds is 4. The van der Waals surface area contributed by atoms with Gasteiger partial charge in [0, 0.05) is 29.7 Å². The smallest absolute Gasteiger partial charge is 0.229 e. The second-order valence-electron chi connectivity index (χ2n) is 6.03. The number of carbonyl (C=O) groups excluding carboxylic acids is 2. The number of carbonyl (C=O) groups is 2. The van der Waals surface area contributed by atoms with Crippen LogP contribution in [0.5, 0.6) is 5.75 Å². The first kappa shape index (κ1) is 17.3. The second-order valence-corrected chi connectivity index (χ2v) is 6.44. The van der Waals surface area contributed by atoms with Crippen molar-refractivity contribution in [1.82, 2.24) is 0 Å². The Morgan fingerprint density at radius 3 is 2.68 bits per heavy atom. The van der Waals surface area contributed by atoms with Crippen LogP contribution < -0.4 is 15.0 Å². The van der Waals surface area contributed by atoms with E-state index in [2.05, 4.69) is 5.32 Å². The molecule has 0 spiro atoms. The Morgan fingerprint density at radius 1 is 1.28 bits per heavy atom. The molecule has 0 aliphatic carbocycles. The van der Waals surface area contributed by atoms with E-state index >= 15 is 0 Å². The number of halogens is 1. The number of aryl methyl sites for hydroxylation is 1. The fourth-order valence-electron chi connectivity index (χ4n) is 2.90.